The van der Waals surface area contributed by atoms with Crippen molar-refractivity contribution in [2.24, 2.45) is 5.41 Å². The third-order valence-corrected chi connectivity index (χ3v) is 3.97. The number of hydrogen-bond donors (Lipinski definition) is 0. The summed E-state index contributed by atoms with van der Waals surface area (Å²) in [6.07, 6.45) is 3.99. The van der Waals surface area contributed by atoms with Crippen LogP contribution in [0.3, 0.4) is 0 Å². The smallest absolute Gasteiger partial charge is 0.338 e. The summed E-state index contributed by atoms with van der Waals surface area (Å²) in [6, 6.07) is 4.16. The first kappa shape index (κ1) is 14.0. The fraction of sp³-hybridized carbons (Fsp3) is 0.562. The Kier molecular flexibility index (Phi) is 3.93. The van der Waals surface area contributed by atoms with Crippen LogP contribution in [-0.4, -0.2) is 12.1 Å². The van der Waals surface area contributed by atoms with Crippen molar-refractivity contribution in [3.05, 3.63) is 35.1 Å². The van der Waals surface area contributed by atoms with Gasteiger partial charge in [-0.05, 0) is 61.8 Å². The Balaban J connectivity index is 1.98. The summed E-state index contributed by atoms with van der Waals surface area (Å²) < 4.78 is 18.5. The van der Waals surface area contributed by atoms with E-state index in [1.165, 1.54) is 18.2 Å². The third-order valence-electron chi connectivity index (χ3n) is 3.97. The molecule has 1 saturated carbocycles. The maximum atomic E-state index is 13.0. The number of benzene rings is 1. The van der Waals surface area contributed by atoms with Gasteiger partial charge in [0.25, 0.3) is 0 Å². The van der Waals surface area contributed by atoms with Gasteiger partial charge in [-0.15, -0.1) is 0 Å². The molecule has 19 heavy (non-hydrogen) atoms. The van der Waals surface area contributed by atoms with Gasteiger partial charge in [-0.2, -0.15) is 0 Å². The van der Waals surface area contributed by atoms with E-state index >= 15 is 0 Å². The molecular formula is C16H21FO2. The highest BCUT2D eigenvalue weighted by Gasteiger charge is 2.29. The lowest BCUT2D eigenvalue weighted by Crippen LogP contribution is -2.28. The van der Waals surface area contributed by atoms with E-state index < -0.39 is 0 Å². The summed E-state index contributed by atoms with van der Waals surface area (Å²) in [5, 5.41) is 0. The molecule has 0 spiro atoms. The zero-order valence-corrected chi connectivity index (χ0v) is 11.8. The van der Waals surface area contributed by atoms with Crippen LogP contribution in [0.5, 0.6) is 0 Å². The predicted octanol–water partition coefficient (Wildman–Crippen LogP) is 4.26. The number of carbonyl (C=O) groups excluding carboxylic acids is 1. The molecule has 0 atom stereocenters. The first-order valence-electron chi connectivity index (χ1n) is 6.84. The first-order chi connectivity index (χ1) is 8.87. The molecule has 0 aromatic heterocycles. The van der Waals surface area contributed by atoms with Crippen molar-refractivity contribution in [3.63, 3.8) is 0 Å². The van der Waals surface area contributed by atoms with Crippen LogP contribution < -0.4 is 0 Å². The van der Waals surface area contributed by atoms with Gasteiger partial charge in [0, 0.05) is 0 Å². The zero-order chi connectivity index (χ0) is 14.0. The summed E-state index contributed by atoms with van der Waals surface area (Å²) >= 11 is 0. The lowest BCUT2D eigenvalue weighted by Gasteiger charge is -2.33. The maximum Gasteiger partial charge on any atom is 0.338 e. The van der Waals surface area contributed by atoms with E-state index in [0.717, 1.165) is 25.7 Å². The van der Waals surface area contributed by atoms with Crippen LogP contribution in [0.15, 0.2) is 18.2 Å². The summed E-state index contributed by atoms with van der Waals surface area (Å²) in [5.41, 5.74) is 1.45. The van der Waals surface area contributed by atoms with Crippen molar-refractivity contribution in [1.82, 2.24) is 0 Å². The molecule has 0 bridgehead atoms. The van der Waals surface area contributed by atoms with E-state index in [0.29, 0.717) is 16.5 Å². The van der Waals surface area contributed by atoms with E-state index in [1.807, 2.05) is 0 Å². The Morgan fingerprint density at radius 1 is 1.32 bits per heavy atom. The normalized spacial score (nSPS) is 19.2. The Morgan fingerprint density at radius 2 is 1.95 bits per heavy atom. The van der Waals surface area contributed by atoms with Crippen molar-refractivity contribution < 1.29 is 13.9 Å². The molecule has 1 fully saturated rings. The number of esters is 1. The van der Waals surface area contributed by atoms with E-state index in [4.69, 9.17) is 4.74 Å². The van der Waals surface area contributed by atoms with Crippen molar-refractivity contribution in [1.29, 1.82) is 0 Å². The minimum absolute atomic E-state index is 0.00461. The zero-order valence-electron chi connectivity index (χ0n) is 11.8. The number of carbonyl (C=O) groups is 1. The average Bonchev–Trinajstić information content (AvgIpc) is 2.31. The van der Waals surface area contributed by atoms with E-state index in [-0.39, 0.29) is 17.9 Å². The molecule has 0 amide bonds. The SMILES string of the molecule is Cc1cc(F)ccc1C(=O)OC1CCC(C)(C)CC1. The third kappa shape index (κ3) is 3.55. The Labute approximate surface area is 114 Å². The number of halogens is 1. The molecule has 104 valence electrons. The number of hydrogen-bond acceptors (Lipinski definition) is 2. The Bertz CT molecular complexity index is 470. The van der Waals surface area contributed by atoms with Crippen molar-refractivity contribution in [2.75, 3.05) is 0 Å². The lowest BCUT2D eigenvalue weighted by molar-refractivity contribution is 0.00943. The van der Waals surface area contributed by atoms with E-state index in [1.54, 1.807) is 6.92 Å². The molecule has 2 nitrogen and oxygen atoms in total. The molecule has 0 heterocycles. The summed E-state index contributed by atoms with van der Waals surface area (Å²) in [6.45, 7) is 6.22. The standard InChI is InChI=1S/C16H21FO2/c1-11-10-12(17)4-5-14(11)15(18)19-13-6-8-16(2,3)9-7-13/h4-5,10,13H,6-9H2,1-3H3. The minimum Gasteiger partial charge on any atom is -0.459 e. The number of aryl methyl sites for hydroxylation is 1. The molecule has 0 unspecified atom stereocenters. The molecule has 1 aliphatic carbocycles. The van der Waals surface area contributed by atoms with Crippen LogP contribution in [0.1, 0.15) is 55.5 Å². The molecule has 0 N–H and O–H groups in total. The van der Waals surface area contributed by atoms with Crippen LogP contribution >= 0.6 is 0 Å². The van der Waals surface area contributed by atoms with Crippen LogP contribution in [0.4, 0.5) is 4.39 Å². The fourth-order valence-corrected chi connectivity index (χ4v) is 2.56. The molecule has 1 aromatic rings. The van der Waals surface area contributed by atoms with Crippen LogP contribution in [0.25, 0.3) is 0 Å². The van der Waals surface area contributed by atoms with Gasteiger partial charge in [-0.25, -0.2) is 9.18 Å². The second kappa shape index (κ2) is 5.32. The molecule has 3 heteroatoms. The van der Waals surface area contributed by atoms with E-state index in [2.05, 4.69) is 13.8 Å². The number of rotatable bonds is 2. The van der Waals surface area contributed by atoms with Gasteiger partial charge in [0.05, 0.1) is 5.56 Å². The van der Waals surface area contributed by atoms with Crippen molar-refractivity contribution in [2.45, 2.75) is 52.6 Å². The minimum atomic E-state index is -0.331. The second-order valence-corrected chi connectivity index (χ2v) is 6.23. The molecule has 1 aromatic carbocycles. The maximum absolute atomic E-state index is 13.0. The average molecular weight is 264 g/mol. The molecule has 2 rings (SSSR count). The van der Waals surface area contributed by atoms with Gasteiger partial charge in [0.2, 0.25) is 0 Å². The van der Waals surface area contributed by atoms with Crippen molar-refractivity contribution >= 4 is 5.97 Å². The highest BCUT2D eigenvalue weighted by atomic mass is 19.1. The summed E-state index contributed by atoms with van der Waals surface area (Å²) in [5.74, 6) is -0.657. The van der Waals surface area contributed by atoms with Crippen LogP contribution in [0, 0.1) is 18.2 Å². The van der Waals surface area contributed by atoms with Gasteiger partial charge < -0.3 is 4.74 Å². The molecule has 0 aliphatic heterocycles. The first-order valence-corrected chi connectivity index (χ1v) is 6.84. The summed E-state index contributed by atoms with van der Waals surface area (Å²) in [7, 11) is 0. The van der Waals surface area contributed by atoms with Gasteiger partial charge in [0.15, 0.2) is 0 Å². The fourth-order valence-electron chi connectivity index (χ4n) is 2.56. The van der Waals surface area contributed by atoms with E-state index in [9.17, 15) is 9.18 Å². The predicted molar refractivity (Wildman–Crippen MR) is 72.6 cm³/mol. The van der Waals surface area contributed by atoms with Gasteiger partial charge in [-0.3, -0.25) is 0 Å². The summed E-state index contributed by atoms with van der Waals surface area (Å²) in [4.78, 5) is 12.1. The Morgan fingerprint density at radius 3 is 2.53 bits per heavy atom. The van der Waals surface area contributed by atoms with Crippen LogP contribution in [-0.2, 0) is 4.74 Å². The number of ether oxygens (including phenoxy) is 1. The largest absolute Gasteiger partial charge is 0.459 e. The molecular weight excluding hydrogens is 243 g/mol. The second-order valence-electron chi connectivity index (χ2n) is 6.23. The van der Waals surface area contributed by atoms with Gasteiger partial charge in [0.1, 0.15) is 11.9 Å². The molecule has 1 aliphatic rings. The monoisotopic (exact) mass is 264 g/mol. The molecule has 0 saturated heterocycles. The molecule has 0 radical (unpaired) electrons. The van der Waals surface area contributed by atoms with Gasteiger partial charge in [-0.1, -0.05) is 13.8 Å². The highest BCUT2D eigenvalue weighted by molar-refractivity contribution is 5.91. The van der Waals surface area contributed by atoms with Gasteiger partial charge >= 0.3 is 5.97 Å². The Hall–Kier alpha value is -1.38. The topological polar surface area (TPSA) is 26.3 Å². The van der Waals surface area contributed by atoms with Crippen molar-refractivity contribution in [3.8, 4) is 0 Å². The highest BCUT2D eigenvalue weighted by Crippen LogP contribution is 2.36. The quantitative estimate of drug-likeness (QED) is 0.746. The van der Waals surface area contributed by atoms with Crippen LogP contribution in [0.2, 0.25) is 0 Å². The lowest BCUT2D eigenvalue weighted by atomic mass is 9.76.